The lowest BCUT2D eigenvalue weighted by Gasteiger charge is -2.16. The SMILES string of the molecule is COc1cccc([C@H](C)NC(=O)Cn2cccc2-c2nc(-c3ccc(Cl)cc3)no2)c1. The van der Waals surface area contributed by atoms with Gasteiger partial charge in [0.25, 0.3) is 5.89 Å². The van der Waals surface area contributed by atoms with E-state index in [0.29, 0.717) is 22.4 Å². The van der Waals surface area contributed by atoms with Crippen LogP contribution in [0.2, 0.25) is 5.02 Å². The Morgan fingerprint density at radius 2 is 2.00 bits per heavy atom. The first-order valence-electron chi connectivity index (χ1n) is 9.72. The van der Waals surface area contributed by atoms with E-state index in [1.807, 2.05) is 55.5 Å². The molecule has 4 rings (SSSR count). The second kappa shape index (κ2) is 9.06. The van der Waals surface area contributed by atoms with Crippen molar-refractivity contribution in [2.75, 3.05) is 7.11 Å². The summed E-state index contributed by atoms with van der Waals surface area (Å²) in [5.74, 6) is 1.41. The fraction of sp³-hybridized carbons (Fsp3) is 0.174. The second-order valence-corrected chi connectivity index (χ2v) is 7.45. The lowest BCUT2D eigenvalue weighted by molar-refractivity contribution is -0.122. The molecule has 2 aromatic heterocycles. The zero-order valence-corrected chi connectivity index (χ0v) is 17.8. The van der Waals surface area contributed by atoms with Crippen molar-refractivity contribution in [1.82, 2.24) is 20.0 Å². The Hall–Kier alpha value is -3.58. The Morgan fingerprint density at radius 3 is 2.77 bits per heavy atom. The summed E-state index contributed by atoms with van der Waals surface area (Å²) in [5.41, 5.74) is 2.42. The number of aromatic nitrogens is 3. The summed E-state index contributed by atoms with van der Waals surface area (Å²) in [6.45, 7) is 2.05. The van der Waals surface area contributed by atoms with Crippen molar-refractivity contribution >= 4 is 17.5 Å². The van der Waals surface area contributed by atoms with Crippen LogP contribution in [0.1, 0.15) is 18.5 Å². The minimum Gasteiger partial charge on any atom is -0.497 e. The van der Waals surface area contributed by atoms with Crippen LogP contribution in [0.4, 0.5) is 0 Å². The zero-order valence-electron chi connectivity index (χ0n) is 17.1. The normalized spacial score (nSPS) is 11.8. The Bertz CT molecular complexity index is 1180. The number of hydrogen-bond acceptors (Lipinski definition) is 5. The lowest BCUT2D eigenvalue weighted by atomic mass is 10.1. The summed E-state index contributed by atoms with van der Waals surface area (Å²) >= 11 is 5.93. The van der Waals surface area contributed by atoms with Crippen LogP contribution in [-0.4, -0.2) is 27.7 Å². The van der Waals surface area contributed by atoms with E-state index in [0.717, 1.165) is 16.9 Å². The molecule has 7 nitrogen and oxygen atoms in total. The number of carbonyl (C=O) groups excluding carboxylic acids is 1. The number of rotatable bonds is 7. The van der Waals surface area contributed by atoms with Crippen molar-refractivity contribution in [3.05, 3.63) is 77.4 Å². The molecule has 0 fully saturated rings. The van der Waals surface area contributed by atoms with Crippen molar-refractivity contribution in [2.24, 2.45) is 0 Å². The zero-order chi connectivity index (χ0) is 21.8. The number of nitrogens with zero attached hydrogens (tertiary/aromatic N) is 3. The smallest absolute Gasteiger partial charge is 0.274 e. The van der Waals surface area contributed by atoms with E-state index in [-0.39, 0.29) is 18.5 Å². The maximum Gasteiger partial charge on any atom is 0.274 e. The maximum atomic E-state index is 12.6. The minimum atomic E-state index is -0.165. The Labute approximate surface area is 184 Å². The average Bonchev–Trinajstić information content (AvgIpc) is 3.43. The standard InChI is InChI=1S/C23H21ClN4O3/c1-15(17-5-3-6-19(13-17)30-2)25-21(29)14-28-12-4-7-20(28)23-26-22(27-31-23)16-8-10-18(24)11-9-16/h3-13,15H,14H2,1-2H3,(H,25,29)/t15-/m0/s1. The Kier molecular flexibility index (Phi) is 6.04. The third kappa shape index (κ3) is 4.78. The molecule has 158 valence electrons. The van der Waals surface area contributed by atoms with Gasteiger partial charge in [-0.2, -0.15) is 4.98 Å². The summed E-state index contributed by atoms with van der Waals surface area (Å²) in [4.78, 5) is 17.1. The third-order valence-electron chi connectivity index (χ3n) is 4.86. The topological polar surface area (TPSA) is 82.2 Å². The molecule has 8 heteroatoms. The summed E-state index contributed by atoms with van der Waals surface area (Å²) in [6.07, 6.45) is 1.80. The predicted molar refractivity (Wildman–Crippen MR) is 118 cm³/mol. The number of nitrogens with one attached hydrogen (secondary N) is 1. The molecule has 0 unspecified atom stereocenters. The highest BCUT2D eigenvalue weighted by Gasteiger charge is 2.17. The lowest BCUT2D eigenvalue weighted by Crippen LogP contribution is -2.30. The van der Waals surface area contributed by atoms with Gasteiger partial charge >= 0.3 is 0 Å². The van der Waals surface area contributed by atoms with E-state index < -0.39 is 0 Å². The first-order valence-corrected chi connectivity index (χ1v) is 10.1. The fourth-order valence-corrected chi connectivity index (χ4v) is 3.35. The first-order chi connectivity index (χ1) is 15.0. The van der Waals surface area contributed by atoms with Crippen LogP contribution in [0.5, 0.6) is 5.75 Å². The molecule has 1 amide bonds. The first kappa shape index (κ1) is 20.7. The average molecular weight is 437 g/mol. The molecule has 0 spiro atoms. The molecule has 4 aromatic rings. The van der Waals surface area contributed by atoms with Crippen LogP contribution >= 0.6 is 11.6 Å². The van der Waals surface area contributed by atoms with Crippen LogP contribution in [-0.2, 0) is 11.3 Å². The van der Waals surface area contributed by atoms with Crippen LogP contribution in [0.25, 0.3) is 23.0 Å². The quantitative estimate of drug-likeness (QED) is 0.452. The van der Waals surface area contributed by atoms with Gasteiger partial charge in [0.15, 0.2) is 0 Å². The highest BCUT2D eigenvalue weighted by molar-refractivity contribution is 6.30. The monoisotopic (exact) mass is 436 g/mol. The van der Waals surface area contributed by atoms with Crippen molar-refractivity contribution < 1.29 is 14.1 Å². The van der Waals surface area contributed by atoms with E-state index >= 15 is 0 Å². The molecular formula is C23H21ClN4O3. The highest BCUT2D eigenvalue weighted by atomic mass is 35.5. The van der Waals surface area contributed by atoms with Crippen molar-refractivity contribution in [2.45, 2.75) is 19.5 Å². The van der Waals surface area contributed by atoms with Crippen molar-refractivity contribution in [1.29, 1.82) is 0 Å². The summed E-state index contributed by atoms with van der Waals surface area (Å²) < 4.78 is 12.5. The van der Waals surface area contributed by atoms with Gasteiger partial charge in [-0.25, -0.2) is 0 Å². The molecule has 0 bridgehead atoms. The molecule has 0 aliphatic heterocycles. The molecule has 31 heavy (non-hydrogen) atoms. The van der Waals surface area contributed by atoms with Gasteiger partial charge in [0, 0.05) is 16.8 Å². The molecule has 2 heterocycles. The number of carbonyl (C=O) groups is 1. The van der Waals surface area contributed by atoms with Gasteiger partial charge < -0.3 is 19.1 Å². The van der Waals surface area contributed by atoms with E-state index in [1.54, 1.807) is 30.0 Å². The molecule has 1 N–H and O–H groups in total. The molecule has 0 aliphatic rings. The van der Waals surface area contributed by atoms with Gasteiger partial charge in [0.05, 0.1) is 13.2 Å². The van der Waals surface area contributed by atoms with Crippen LogP contribution < -0.4 is 10.1 Å². The maximum absolute atomic E-state index is 12.6. The molecule has 0 saturated carbocycles. The van der Waals surface area contributed by atoms with E-state index in [1.165, 1.54) is 0 Å². The molecule has 0 saturated heterocycles. The minimum absolute atomic E-state index is 0.120. The Morgan fingerprint density at radius 1 is 1.19 bits per heavy atom. The third-order valence-corrected chi connectivity index (χ3v) is 5.11. The van der Waals surface area contributed by atoms with Crippen LogP contribution in [0, 0.1) is 0 Å². The van der Waals surface area contributed by atoms with Gasteiger partial charge in [-0.05, 0) is 61.0 Å². The predicted octanol–water partition coefficient (Wildman–Crippen LogP) is 4.74. The number of methoxy groups -OCH3 is 1. The van der Waals surface area contributed by atoms with E-state index in [2.05, 4.69) is 15.5 Å². The number of hydrogen-bond donors (Lipinski definition) is 1. The van der Waals surface area contributed by atoms with Gasteiger partial charge in [-0.3, -0.25) is 4.79 Å². The van der Waals surface area contributed by atoms with E-state index in [4.69, 9.17) is 20.9 Å². The van der Waals surface area contributed by atoms with Crippen molar-refractivity contribution in [3.63, 3.8) is 0 Å². The fourth-order valence-electron chi connectivity index (χ4n) is 3.23. The largest absolute Gasteiger partial charge is 0.497 e. The molecule has 0 radical (unpaired) electrons. The van der Waals surface area contributed by atoms with Gasteiger partial charge in [-0.15, -0.1) is 0 Å². The number of amides is 1. The van der Waals surface area contributed by atoms with Crippen molar-refractivity contribution in [3.8, 4) is 28.7 Å². The summed E-state index contributed by atoms with van der Waals surface area (Å²) in [7, 11) is 1.62. The summed E-state index contributed by atoms with van der Waals surface area (Å²) in [6, 6.07) is 18.3. The number of halogens is 1. The van der Waals surface area contributed by atoms with E-state index in [9.17, 15) is 4.79 Å². The van der Waals surface area contributed by atoms with Gasteiger partial charge in [0.1, 0.15) is 18.0 Å². The molecule has 2 aromatic carbocycles. The molecule has 0 aliphatic carbocycles. The second-order valence-electron chi connectivity index (χ2n) is 7.02. The van der Waals surface area contributed by atoms with Crippen LogP contribution in [0.3, 0.4) is 0 Å². The molecular weight excluding hydrogens is 416 g/mol. The highest BCUT2D eigenvalue weighted by Crippen LogP contribution is 2.24. The molecule has 1 atom stereocenters. The van der Waals surface area contributed by atoms with Gasteiger partial charge in [-0.1, -0.05) is 28.9 Å². The van der Waals surface area contributed by atoms with Crippen LogP contribution in [0.15, 0.2) is 71.4 Å². The number of benzene rings is 2. The number of ether oxygens (including phenoxy) is 1. The summed E-state index contributed by atoms with van der Waals surface area (Å²) in [5, 5.41) is 7.68. The van der Waals surface area contributed by atoms with Gasteiger partial charge in [0.2, 0.25) is 11.7 Å². The Balaban J connectivity index is 1.46.